The summed E-state index contributed by atoms with van der Waals surface area (Å²) in [6.07, 6.45) is 1.30. The van der Waals surface area contributed by atoms with Crippen LogP contribution < -0.4 is 11.1 Å². The molecule has 1 fully saturated rings. The zero-order valence-electron chi connectivity index (χ0n) is 11.1. The van der Waals surface area contributed by atoms with E-state index < -0.39 is 5.54 Å². The van der Waals surface area contributed by atoms with Crippen molar-refractivity contribution in [3.8, 4) is 0 Å². The Morgan fingerprint density at radius 3 is 2.39 bits per heavy atom. The van der Waals surface area contributed by atoms with E-state index in [1.54, 1.807) is 18.7 Å². The molecule has 4 N–H and O–H groups in total. The fraction of sp³-hybridized carbons (Fsp3) is 0.833. The second kappa shape index (κ2) is 6.15. The van der Waals surface area contributed by atoms with Crippen molar-refractivity contribution >= 4 is 11.8 Å². The molecule has 0 unspecified atom stereocenters. The van der Waals surface area contributed by atoms with Gasteiger partial charge in [0.15, 0.2) is 0 Å². The molecule has 6 heteroatoms. The van der Waals surface area contributed by atoms with Crippen LogP contribution in [0, 0.1) is 5.92 Å². The number of nitrogens with one attached hydrogen (secondary N) is 1. The summed E-state index contributed by atoms with van der Waals surface area (Å²) in [6.45, 7) is 4.75. The number of amides is 2. The van der Waals surface area contributed by atoms with Crippen molar-refractivity contribution in [2.45, 2.75) is 32.2 Å². The molecule has 1 aliphatic rings. The molecular formula is C12H23N3O3. The zero-order chi connectivity index (χ0) is 13.8. The van der Waals surface area contributed by atoms with Gasteiger partial charge in [-0.15, -0.1) is 0 Å². The van der Waals surface area contributed by atoms with Gasteiger partial charge in [0.1, 0.15) is 0 Å². The Hall–Kier alpha value is -1.14. The maximum atomic E-state index is 11.9. The summed E-state index contributed by atoms with van der Waals surface area (Å²) in [5, 5.41) is 11.3. The molecule has 2 amide bonds. The molecule has 0 aliphatic carbocycles. The van der Waals surface area contributed by atoms with Gasteiger partial charge in [-0.2, -0.15) is 0 Å². The van der Waals surface area contributed by atoms with Gasteiger partial charge in [-0.25, -0.2) is 0 Å². The van der Waals surface area contributed by atoms with Crippen molar-refractivity contribution in [2.75, 3.05) is 26.2 Å². The number of carbonyl (C=O) groups is 2. The summed E-state index contributed by atoms with van der Waals surface area (Å²) in [7, 11) is 0. The Morgan fingerprint density at radius 2 is 1.94 bits per heavy atom. The SMILES string of the molecule is CC(C)(N)C(=O)N1CCC(C(=O)NCCO)CC1. The molecule has 0 saturated carbocycles. The number of hydrogen-bond acceptors (Lipinski definition) is 4. The van der Waals surface area contributed by atoms with Gasteiger partial charge in [0.25, 0.3) is 0 Å². The molecule has 1 rings (SSSR count). The van der Waals surface area contributed by atoms with Gasteiger partial charge in [-0.1, -0.05) is 0 Å². The lowest BCUT2D eigenvalue weighted by molar-refractivity contribution is -0.139. The van der Waals surface area contributed by atoms with Crippen molar-refractivity contribution in [3.05, 3.63) is 0 Å². The Balaban J connectivity index is 2.41. The van der Waals surface area contributed by atoms with Gasteiger partial charge in [0.05, 0.1) is 12.1 Å². The highest BCUT2D eigenvalue weighted by Gasteiger charge is 2.32. The standard InChI is InChI=1S/C12H23N3O3/c1-12(2,13)11(18)15-6-3-9(4-7-15)10(17)14-5-8-16/h9,16H,3-8,13H2,1-2H3,(H,14,17). The summed E-state index contributed by atoms with van der Waals surface area (Å²) in [4.78, 5) is 25.3. The molecule has 6 nitrogen and oxygen atoms in total. The normalized spacial score (nSPS) is 17.7. The predicted molar refractivity (Wildman–Crippen MR) is 67.7 cm³/mol. The lowest BCUT2D eigenvalue weighted by Gasteiger charge is -2.35. The van der Waals surface area contributed by atoms with E-state index in [-0.39, 0.29) is 30.9 Å². The lowest BCUT2D eigenvalue weighted by atomic mass is 9.94. The second-order valence-electron chi connectivity index (χ2n) is 5.30. The Labute approximate surface area is 108 Å². The first-order valence-corrected chi connectivity index (χ1v) is 6.33. The van der Waals surface area contributed by atoms with Gasteiger partial charge in [0.2, 0.25) is 11.8 Å². The molecule has 0 bridgehead atoms. The van der Waals surface area contributed by atoms with E-state index in [0.717, 1.165) is 0 Å². The molecule has 104 valence electrons. The van der Waals surface area contributed by atoms with E-state index in [4.69, 9.17) is 10.8 Å². The van der Waals surface area contributed by atoms with E-state index in [0.29, 0.717) is 25.9 Å². The highest BCUT2D eigenvalue weighted by molar-refractivity contribution is 5.85. The minimum atomic E-state index is -0.855. The molecule has 0 aromatic carbocycles. The van der Waals surface area contributed by atoms with E-state index >= 15 is 0 Å². The minimum Gasteiger partial charge on any atom is -0.395 e. The molecular weight excluding hydrogens is 234 g/mol. The number of nitrogens with zero attached hydrogens (tertiary/aromatic N) is 1. The summed E-state index contributed by atoms with van der Waals surface area (Å²) in [6, 6.07) is 0. The van der Waals surface area contributed by atoms with E-state index in [1.165, 1.54) is 0 Å². The Kier molecular flexibility index (Phi) is 5.10. The van der Waals surface area contributed by atoms with Crippen molar-refractivity contribution in [3.63, 3.8) is 0 Å². The fourth-order valence-corrected chi connectivity index (χ4v) is 2.08. The van der Waals surface area contributed by atoms with Crippen molar-refractivity contribution in [1.29, 1.82) is 0 Å². The summed E-state index contributed by atoms with van der Waals surface area (Å²) < 4.78 is 0. The van der Waals surface area contributed by atoms with Crippen molar-refractivity contribution in [2.24, 2.45) is 11.7 Å². The van der Waals surface area contributed by atoms with Gasteiger partial charge < -0.3 is 21.1 Å². The third-order valence-electron chi connectivity index (χ3n) is 3.12. The average molecular weight is 257 g/mol. The smallest absolute Gasteiger partial charge is 0.242 e. The molecule has 1 saturated heterocycles. The highest BCUT2D eigenvalue weighted by Crippen LogP contribution is 2.19. The average Bonchev–Trinajstić information content (AvgIpc) is 2.34. The lowest BCUT2D eigenvalue weighted by Crippen LogP contribution is -2.54. The summed E-state index contributed by atoms with van der Waals surface area (Å²) in [5.74, 6) is -0.179. The first kappa shape index (κ1) is 14.9. The van der Waals surface area contributed by atoms with Crippen LogP contribution in [0.1, 0.15) is 26.7 Å². The van der Waals surface area contributed by atoms with Gasteiger partial charge in [-0.3, -0.25) is 9.59 Å². The quantitative estimate of drug-likeness (QED) is 0.606. The second-order valence-corrected chi connectivity index (χ2v) is 5.30. The maximum absolute atomic E-state index is 11.9. The molecule has 0 spiro atoms. The summed E-state index contributed by atoms with van der Waals surface area (Å²) in [5.41, 5.74) is 4.92. The van der Waals surface area contributed by atoms with Crippen molar-refractivity contribution < 1.29 is 14.7 Å². The van der Waals surface area contributed by atoms with Crippen LogP contribution in [0.4, 0.5) is 0 Å². The van der Waals surface area contributed by atoms with Crippen molar-refractivity contribution in [1.82, 2.24) is 10.2 Å². The monoisotopic (exact) mass is 257 g/mol. The van der Waals surface area contributed by atoms with Crippen LogP contribution in [0.5, 0.6) is 0 Å². The van der Waals surface area contributed by atoms with Crippen LogP contribution in [-0.2, 0) is 9.59 Å². The largest absolute Gasteiger partial charge is 0.395 e. The van der Waals surface area contributed by atoms with Gasteiger partial charge >= 0.3 is 0 Å². The molecule has 18 heavy (non-hydrogen) atoms. The Morgan fingerprint density at radius 1 is 1.39 bits per heavy atom. The molecule has 1 aliphatic heterocycles. The van der Waals surface area contributed by atoms with Crippen LogP contribution in [0.2, 0.25) is 0 Å². The van der Waals surface area contributed by atoms with Crippen LogP contribution in [0.25, 0.3) is 0 Å². The number of piperidine rings is 1. The molecule has 0 aromatic heterocycles. The maximum Gasteiger partial charge on any atom is 0.242 e. The molecule has 0 atom stereocenters. The number of nitrogens with two attached hydrogens (primary N) is 1. The van der Waals surface area contributed by atoms with Gasteiger partial charge in [-0.05, 0) is 26.7 Å². The topological polar surface area (TPSA) is 95.7 Å². The summed E-state index contributed by atoms with van der Waals surface area (Å²) >= 11 is 0. The van der Waals surface area contributed by atoms with Crippen LogP contribution >= 0.6 is 0 Å². The fourth-order valence-electron chi connectivity index (χ4n) is 2.08. The third kappa shape index (κ3) is 3.96. The van der Waals surface area contributed by atoms with Crippen LogP contribution in [0.15, 0.2) is 0 Å². The number of hydrogen-bond donors (Lipinski definition) is 3. The molecule has 0 radical (unpaired) electrons. The Bertz CT molecular complexity index is 304. The van der Waals surface area contributed by atoms with E-state index in [2.05, 4.69) is 5.32 Å². The zero-order valence-corrected chi connectivity index (χ0v) is 11.1. The minimum absolute atomic E-state index is 0.0387. The number of carbonyl (C=O) groups excluding carboxylic acids is 2. The first-order valence-electron chi connectivity index (χ1n) is 6.33. The van der Waals surface area contributed by atoms with E-state index in [1.807, 2.05) is 0 Å². The van der Waals surface area contributed by atoms with Crippen LogP contribution in [0.3, 0.4) is 0 Å². The third-order valence-corrected chi connectivity index (χ3v) is 3.12. The predicted octanol–water partition coefficient (Wildman–Crippen LogP) is -0.929. The first-order chi connectivity index (χ1) is 8.36. The highest BCUT2D eigenvalue weighted by atomic mass is 16.3. The number of aliphatic hydroxyl groups is 1. The molecule has 1 heterocycles. The molecule has 0 aromatic rings. The number of rotatable bonds is 4. The van der Waals surface area contributed by atoms with E-state index in [9.17, 15) is 9.59 Å². The van der Waals surface area contributed by atoms with Crippen LogP contribution in [-0.4, -0.2) is 53.6 Å². The number of likely N-dealkylation sites (tertiary alicyclic amines) is 1. The number of aliphatic hydroxyl groups excluding tert-OH is 1. The van der Waals surface area contributed by atoms with Gasteiger partial charge in [0, 0.05) is 25.6 Å².